The van der Waals surface area contributed by atoms with Gasteiger partial charge in [-0.3, -0.25) is 4.68 Å². The molecule has 0 fully saturated rings. The highest BCUT2D eigenvalue weighted by Gasteiger charge is 2.09. The summed E-state index contributed by atoms with van der Waals surface area (Å²) < 4.78 is 8.73. The van der Waals surface area contributed by atoms with Gasteiger partial charge in [0.05, 0.1) is 6.20 Å². The topological polar surface area (TPSA) is 53.1 Å². The molecule has 0 saturated carbocycles. The predicted octanol–water partition coefficient (Wildman–Crippen LogP) is 3.26. The van der Waals surface area contributed by atoms with Crippen molar-refractivity contribution < 1.29 is 4.74 Å². The summed E-state index contributed by atoms with van der Waals surface area (Å²) in [6, 6.07) is 5.82. The number of aromatic nitrogens is 2. The first kappa shape index (κ1) is 14.1. The van der Waals surface area contributed by atoms with Gasteiger partial charge in [-0.25, -0.2) is 0 Å². The van der Waals surface area contributed by atoms with Gasteiger partial charge < -0.3 is 10.5 Å². The maximum atomic E-state index is 5.96. The number of hydrogen-bond donors (Lipinski definition) is 1. The zero-order valence-electron chi connectivity index (χ0n) is 11.1. The Morgan fingerprint density at radius 1 is 1.47 bits per heavy atom. The summed E-state index contributed by atoms with van der Waals surface area (Å²) in [5.41, 5.74) is 8.01. The van der Waals surface area contributed by atoms with E-state index in [1.165, 1.54) is 0 Å². The van der Waals surface area contributed by atoms with E-state index >= 15 is 0 Å². The van der Waals surface area contributed by atoms with E-state index in [4.69, 9.17) is 10.5 Å². The fraction of sp³-hybridized carbons (Fsp3) is 0.357. The van der Waals surface area contributed by atoms with Crippen LogP contribution in [0.1, 0.15) is 31.0 Å². The average Bonchev–Trinajstić information content (AvgIpc) is 2.85. The smallest absolute Gasteiger partial charge is 0.124 e. The summed E-state index contributed by atoms with van der Waals surface area (Å²) in [5, 5.41) is 4.22. The van der Waals surface area contributed by atoms with Crippen LogP contribution >= 0.6 is 15.9 Å². The zero-order chi connectivity index (χ0) is 13.8. The number of ether oxygens (including phenoxy) is 1. The van der Waals surface area contributed by atoms with E-state index < -0.39 is 0 Å². The normalized spacial score (nSPS) is 12.4. The largest absolute Gasteiger partial charge is 0.488 e. The molecule has 2 aromatic rings. The first-order valence-electron chi connectivity index (χ1n) is 6.29. The van der Waals surface area contributed by atoms with Crippen molar-refractivity contribution in [2.45, 2.75) is 33.0 Å². The second kappa shape index (κ2) is 6.21. The molecule has 2 N–H and O–H groups in total. The zero-order valence-corrected chi connectivity index (χ0v) is 12.7. The van der Waals surface area contributed by atoms with Crippen LogP contribution in [0.15, 0.2) is 35.1 Å². The Morgan fingerprint density at radius 3 is 2.89 bits per heavy atom. The van der Waals surface area contributed by atoms with Gasteiger partial charge in [-0.2, -0.15) is 5.10 Å². The summed E-state index contributed by atoms with van der Waals surface area (Å²) in [6.45, 7) is 5.37. The van der Waals surface area contributed by atoms with Crippen LogP contribution in [0.4, 0.5) is 0 Å². The van der Waals surface area contributed by atoms with Crippen molar-refractivity contribution in [3.05, 3.63) is 46.2 Å². The van der Waals surface area contributed by atoms with Crippen LogP contribution in [0.5, 0.6) is 5.75 Å². The lowest BCUT2D eigenvalue weighted by Crippen LogP contribution is -2.08. The third-order valence-corrected chi connectivity index (χ3v) is 3.36. The van der Waals surface area contributed by atoms with Crippen molar-refractivity contribution >= 4 is 15.9 Å². The van der Waals surface area contributed by atoms with E-state index in [1.54, 1.807) is 0 Å². The Bertz CT molecular complexity index is 551. The van der Waals surface area contributed by atoms with Crippen molar-refractivity contribution in [1.29, 1.82) is 0 Å². The fourth-order valence-electron chi connectivity index (χ4n) is 1.82. The van der Waals surface area contributed by atoms with Crippen LogP contribution in [0.25, 0.3) is 0 Å². The highest BCUT2D eigenvalue weighted by molar-refractivity contribution is 9.10. The number of nitrogens with zero attached hydrogens (tertiary/aromatic N) is 2. The van der Waals surface area contributed by atoms with Gasteiger partial charge >= 0.3 is 0 Å². The molecule has 0 amide bonds. The van der Waals surface area contributed by atoms with Crippen molar-refractivity contribution in [1.82, 2.24) is 9.78 Å². The molecule has 0 saturated heterocycles. The molecule has 0 spiro atoms. The Morgan fingerprint density at radius 2 is 2.26 bits per heavy atom. The van der Waals surface area contributed by atoms with Crippen molar-refractivity contribution in [3.8, 4) is 5.75 Å². The van der Waals surface area contributed by atoms with Gasteiger partial charge in [0.15, 0.2) is 0 Å². The Hall–Kier alpha value is -1.33. The first-order chi connectivity index (χ1) is 9.10. The van der Waals surface area contributed by atoms with E-state index in [9.17, 15) is 0 Å². The maximum Gasteiger partial charge on any atom is 0.124 e. The standard InChI is InChI=1S/C14H18BrN3O/c1-3-18-8-11(7-17-18)9-19-14-5-4-12(15)6-13(14)10(2)16/h4-8,10H,3,9,16H2,1-2H3. The lowest BCUT2D eigenvalue weighted by atomic mass is 10.1. The van der Waals surface area contributed by atoms with Gasteiger partial charge in [-0.05, 0) is 32.0 Å². The van der Waals surface area contributed by atoms with Gasteiger partial charge in [-0.15, -0.1) is 0 Å². The molecule has 4 nitrogen and oxygen atoms in total. The fourth-order valence-corrected chi connectivity index (χ4v) is 2.20. The molecule has 1 heterocycles. The van der Waals surface area contributed by atoms with E-state index in [1.807, 2.05) is 42.2 Å². The number of halogens is 1. The van der Waals surface area contributed by atoms with Crippen LogP contribution in [0, 0.1) is 0 Å². The van der Waals surface area contributed by atoms with Gasteiger partial charge in [0.25, 0.3) is 0 Å². The van der Waals surface area contributed by atoms with Crippen molar-refractivity contribution in [2.75, 3.05) is 0 Å². The third-order valence-electron chi connectivity index (χ3n) is 2.87. The van der Waals surface area contributed by atoms with Gasteiger partial charge in [0.2, 0.25) is 0 Å². The molecule has 1 unspecified atom stereocenters. The molecule has 2 rings (SSSR count). The molecule has 1 aromatic heterocycles. The van der Waals surface area contributed by atoms with E-state index in [-0.39, 0.29) is 6.04 Å². The molecule has 0 aliphatic rings. The molecule has 0 radical (unpaired) electrons. The third kappa shape index (κ3) is 3.58. The number of nitrogens with two attached hydrogens (primary N) is 1. The van der Waals surface area contributed by atoms with Crippen molar-refractivity contribution in [3.63, 3.8) is 0 Å². The minimum atomic E-state index is -0.0640. The predicted molar refractivity (Wildman–Crippen MR) is 79.0 cm³/mol. The van der Waals surface area contributed by atoms with Crippen LogP contribution in [0.3, 0.4) is 0 Å². The second-order valence-corrected chi connectivity index (χ2v) is 5.38. The molecule has 0 aliphatic heterocycles. The highest BCUT2D eigenvalue weighted by Crippen LogP contribution is 2.28. The molecular weight excluding hydrogens is 306 g/mol. The Labute approximate surface area is 121 Å². The molecular formula is C14H18BrN3O. The van der Waals surface area contributed by atoms with E-state index in [0.717, 1.165) is 27.9 Å². The van der Waals surface area contributed by atoms with E-state index in [0.29, 0.717) is 6.61 Å². The summed E-state index contributed by atoms with van der Waals surface area (Å²) in [6.07, 6.45) is 3.82. The molecule has 1 atom stereocenters. The molecule has 19 heavy (non-hydrogen) atoms. The lowest BCUT2D eigenvalue weighted by molar-refractivity contribution is 0.301. The maximum absolute atomic E-state index is 5.96. The molecule has 1 aromatic carbocycles. The van der Waals surface area contributed by atoms with Crippen LogP contribution in [0.2, 0.25) is 0 Å². The van der Waals surface area contributed by atoms with Gasteiger partial charge in [0.1, 0.15) is 12.4 Å². The molecule has 0 bridgehead atoms. The highest BCUT2D eigenvalue weighted by atomic mass is 79.9. The average molecular weight is 324 g/mol. The van der Waals surface area contributed by atoms with Crippen LogP contribution in [-0.2, 0) is 13.2 Å². The quantitative estimate of drug-likeness (QED) is 0.918. The summed E-state index contributed by atoms with van der Waals surface area (Å²) in [5.74, 6) is 0.822. The minimum Gasteiger partial charge on any atom is -0.488 e. The summed E-state index contributed by atoms with van der Waals surface area (Å²) >= 11 is 3.45. The summed E-state index contributed by atoms with van der Waals surface area (Å²) in [7, 11) is 0. The van der Waals surface area contributed by atoms with E-state index in [2.05, 4.69) is 28.0 Å². The summed E-state index contributed by atoms with van der Waals surface area (Å²) in [4.78, 5) is 0. The monoisotopic (exact) mass is 323 g/mol. The molecule has 0 aliphatic carbocycles. The second-order valence-electron chi connectivity index (χ2n) is 4.46. The number of rotatable bonds is 5. The number of aryl methyl sites for hydroxylation is 1. The van der Waals surface area contributed by atoms with Crippen molar-refractivity contribution in [2.24, 2.45) is 5.73 Å². The Kier molecular flexibility index (Phi) is 4.61. The van der Waals surface area contributed by atoms with Crippen LogP contribution < -0.4 is 10.5 Å². The number of benzene rings is 1. The molecule has 5 heteroatoms. The number of hydrogen-bond acceptors (Lipinski definition) is 3. The van der Waals surface area contributed by atoms with Crippen LogP contribution in [-0.4, -0.2) is 9.78 Å². The SMILES string of the molecule is CCn1cc(COc2ccc(Br)cc2C(C)N)cn1. The van der Waals surface area contributed by atoms with Gasteiger partial charge in [-0.1, -0.05) is 15.9 Å². The Balaban J connectivity index is 2.10. The van der Waals surface area contributed by atoms with Gasteiger partial charge in [0, 0.05) is 34.4 Å². The minimum absolute atomic E-state index is 0.0640. The molecule has 102 valence electrons. The first-order valence-corrected chi connectivity index (χ1v) is 7.08. The lowest BCUT2D eigenvalue weighted by Gasteiger charge is -2.14.